The molecule has 0 radical (unpaired) electrons. The van der Waals surface area contributed by atoms with Gasteiger partial charge in [0.1, 0.15) is 0 Å². The van der Waals surface area contributed by atoms with Crippen molar-refractivity contribution in [2.75, 3.05) is 7.05 Å². The van der Waals surface area contributed by atoms with Crippen LogP contribution in [-0.4, -0.2) is 37.6 Å². The van der Waals surface area contributed by atoms with Gasteiger partial charge < -0.3 is 10.6 Å². The van der Waals surface area contributed by atoms with Gasteiger partial charge in [0, 0.05) is 37.7 Å². The van der Waals surface area contributed by atoms with Crippen LogP contribution in [0.2, 0.25) is 0 Å². The van der Waals surface area contributed by atoms with Crippen LogP contribution in [0.15, 0.2) is 59.7 Å². The summed E-state index contributed by atoms with van der Waals surface area (Å²) in [6.45, 7) is 9.33. The minimum absolute atomic E-state index is 0. The summed E-state index contributed by atoms with van der Waals surface area (Å²) in [5.74, 6) is 1.54. The molecule has 0 aliphatic carbocycles. The van der Waals surface area contributed by atoms with Gasteiger partial charge in [-0.25, -0.2) is 14.3 Å². The fourth-order valence-corrected chi connectivity index (χ4v) is 3.83. The van der Waals surface area contributed by atoms with Crippen molar-refractivity contribution < 1.29 is 0 Å². The van der Waals surface area contributed by atoms with Crippen LogP contribution < -0.4 is 10.6 Å². The first-order valence-corrected chi connectivity index (χ1v) is 11.0. The Hall–Kier alpha value is -3.21. The van der Waals surface area contributed by atoms with Gasteiger partial charge in [-0.2, -0.15) is 10.2 Å². The van der Waals surface area contributed by atoms with Gasteiger partial charge in [0.05, 0.1) is 17.1 Å². The number of aromatic nitrogens is 5. The van der Waals surface area contributed by atoms with E-state index in [2.05, 4.69) is 62.0 Å². The maximum absolute atomic E-state index is 4.63. The van der Waals surface area contributed by atoms with Crippen LogP contribution in [0.25, 0.3) is 11.5 Å². The van der Waals surface area contributed by atoms with Crippen LogP contribution in [0.4, 0.5) is 0 Å². The molecule has 0 spiro atoms. The Kier molecular flexibility index (Phi) is 8.43. The zero-order valence-corrected chi connectivity index (χ0v) is 22.5. The SMILES string of the molecule is CN=C(NCc1ccc(-n2nc(C)cc2C)nc1)NCc1ccccc1-n1nc(C)cc1C.I. The first kappa shape index (κ1) is 25.4. The van der Waals surface area contributed by atoms with Gasteiger partial charge in [-0.05, 0) is 63.1 Å². The van der Waals surface area contributed by atoms with E-state index < -0.39 is 0 Å². The number of para-hydroxylation sites is 1. The third kappa shape index (κ3) is 5.82. The zero-order chi connectivity index (χ0) is 23.4. The van der Waals surface area contributed by atoms with Crippen LogP contribution in [0, 0.1) is 27.7 Å². The standard InChI is InChI=1S/C25H30N8.HI/c1-17-12-19(3)32(30-17)23-9-7-6-8-22(23)16-29-25(26-5)28-15-21-10-11-24(27-14-21)33-20(4)13-18(2)31-33;/h6-14H,15-16H2,1-5H3,(H2,26,28,29);1H. The summed E-state index contributed by atoms with van der Waals surface area (Å²) in [7, 11) is 1.77. The third-order valence-electron chi connectivity index (χ3n) is 5.39. The van der Waals surface area contributed by atoms with Crippen molar-refractivity contribution in [2.45, 2.75) is 40.8 Å². The molecule has 0 bridgehead atoms. The second-order valence-corrected chi connectivity index (χ2v) is 8.11. The Bertz CT molecular complexity index is 1270. The number of pyridine rings is 1. The average Bonchev–Trinajstić information content (AvgIpc) is 3.33. The number of aliphatic imine (C=N–C) groups is 1. The maximum Gasteiger partial charge on any atom is 0.191 e. The minimum atomic E-state index is 0. The van der Waals surface area contributed by atoms with Crippen molar-refractivity contribution in [3.05, 3.63) is 88.6 Å². The van der Waals surface area contributed by atoms with E-state index in [1.165, 1.54) is 0 Å². The molecule has 3 heterocycles. The highest BCUT2D eigenvalue weighted by Crippen LogP contribution is 2.17. The monoisotopic (exact) mass is 570 g/mol. The lowest BCUT2D eigenvalue weighted by molar-refractivity contribution is 0.776. The van der Waals surface area contributed by atoms with E-state index in [1.807, 2.05) is 60.6 Å². The number of halogens is 1. The normalized spacial score (nSPS) is 11.3. The van der Waals surface area contributed by atoms with Crippen LogP contribution in [0.5, 0.6) is 0 Å². The Labute approximate surface area is 217 Å². The topological polar surface area (TPSA) is 85.0 Å². The quantitative estimate of drug-likeness (QED) is 0.207. The zero-order valence-electron chi connectivity index (χ0n) is 20.2. The average molecular weight is 570 g/mol. The summed E-state index contributed by atoms with van der Waals surface area (Å²) < 4.78 is 3.84. The van der Waals surface area contributed by atoms with E-state index in [4.69, 9.17) is 0 Å². The summed E-state index contributed by atoms with van der Waals surface area (Å²) in [6, 6.07) is 16.4. The van der Waals surface area contributed by atoms with Crippen molar-refractivity contribution in [3.63, 3.8) is 0 Å². The molecule has 0 amide bonds. The van der Waals surface area contributed by atoms with Crippen molar-refractivity contribution in [3.8, 4) is 11.5 Å². The van der Waals surface area contributed by atoms with Crippen LogP contribution in [0.1, 0.15) is 33.9 Å². The molecule has 0 saturated heterocycles. The predicted octanol–water partition coefficient (Wildman–Crippen LogP) is 4.17. The molecule has 1 aromatic carbocycles. The van der Waals surface area contributed by atoms with Crippen LogP contribution >= 0.6 is 24.0 Å². The molecule has 3 aromatic heterocycles. The minimum Gasteiger partial charge on any atom is -0.352 e. The molecule has 2 N–H and O–H groups in total. The Balaban J connectivity index is 0.00000324. The lowest BCUT2D eigenvalue weighted by Gasteiger charge is -2.15. The van der Waals surface area contributed by atoms with Crippen LogP contribution in [0.3, 0.4) is 0 Å². The summed E-state index contributed by atoms with van der Waals surface area (Å²) in [6.07, 6.45) is 1.87. The van der Waals surface area contributed by atoms with Crippen molar-refractivity contribution in [1.29, 1.82) is 0 Å². The van der Waals surface area contributed by atoms with E-state index in [9.17, 15) is 0 Å². The number of nitrogens with one attached hydrogen (secondary N) is 2. The van der Waals surface area contributed by atoms with E-state index >= 15 is 0 Å². The van der Waals surface area contributed by atoms with Crippen molar-refractivity contribution in [2.24, 2.45) is 4.99 Å². The molecule has 0 atom stereocenters. The highest BCUT2D eigenvalue weighted by molar-refractivity contribution is 14.0. The highest BCUT2D eigenvalue weighted by Gasteiger charge is 2.10. The van der Waals surface area contributed by atoms with Gasteiger partial charge in [-0.15, -0.1) is 24.0 Å². The second kappa shape index (κ2) is 11.3. The van der Waals surface area contributed by atoms with Gasteiger partial charge in [-0.1, -0.05) is 24.3 Å². The fraction of sp³-hybridized carbons (Fsp3) is 0.280. The summed E-state index contributed by atoms with van der Waals surface area (Å²) >= 11 is 0. The molecule has 8 nitrogen and oxygen atoms in total. The summed E-state index contributed by atoms with van der Waals surface area (Å²) in [5.41, 5.74) is 7.43. The first-order valence-electron chi connectivity index (χ1n) is 11.0. The number of aryl methyl sites for hydroxylation is 4. The summed E-state index contributed by atoms with van der Waals surface area (Å²) in [5, 5.41) is 15.9. The van der Waals surface area contributed by atoms with Crippen molar-refractivity contribution >= 4 is 29.9 Å². The molecule has 0 aliphatic heterocycles. The summed E-state index contributed by atoms with van der Waals surface area (Å²) in [4.78, 5) is 8.93. The Morgan fingerprint density at radius 3 is 2.09 bits per heavy atom. The molecule has 4 aromatic rings. The van der Waals surface area contributed by atoms with Crippen molar-refractivity contribution in [1.82, 2.24) is 35.2 Å². The number of guanidine groups is 1. The highest BCUT2D eigenvalue weighted by atomic mass is 127. The van der Waals surface area contributed by atoms with Gasteiger partial charge in [0.25, 0.3) is 0 Å². The largest absolute Gasteiger partial charge is 0.352 e. The number of hydrogen-bond donors (Lipinski definition) is 2. The smallest absolute Gasteiger partial charge is 0.191 e. The van der Waals surface area contributed by atoms with Gasteiger partial charge >= 0.3 is 0 Å². The molecular weight excluding hydrogens is 539 g/mol. The molecule has 9 heteroatoms. The second-order valence-electron chi connectivity index (χ2n) is 8.11. The third-order valence-corrected chi connectivity index (χ3v) is 5.39. The number of benzene rings is 1. The molecule has 4 rings (SSSR count). The van der Waals surface area contributed by atoms with Crippen LogP contribution in [-0.2, 0) is 13.1 Å². The van der Waals surface area contributed by atoms with Gasteiger partial charge in [0.2, 0.25) is 0 Å². The predicted molar refractivity (Wildman–Crippen MR) is 146 cm³/mol. The molecule has 0 fully saturated rings. The van der Waals surface area contributed by atoms with Gasteiger partial charge in [-0.3, -0.25) is 4.99 Å². The number of nitrogens with zero attached hydrogens (tertiary/aromatic N) is 6. The lowest BCUT2D eigenvalue weighted by Crippen LogP contribution is -2.36. The van der Waals surface area contributed by atoms with E-state index in [-0.39, 0.29) is 24.0 Å². The Morgan fingerprint density at radius 1 is 0.853 bits per heavy atom. The number of hydrogen-bond acceptors (Lipinski definition) is 4. The van der Waals surface area contributed by atoms with Gasteiger partial charge in [0.15, 0.2) is 11.8 Å². The first-order chi connectivity index (χ1) is 15.9. The van der Waals surface area contributed by atoms with E-state index in [0.29, 0.717) is 13.1 Å². The fourth-order valence-electron chi connectivity index (χ4n) is 3.83. The molecule has 0 saturated carbocycles. The lowest BCUT2D eigenvalue weighted by atomic mass is 10.1. The molecule has 178 valence electrons. The van der Waals surface area contributed by atoms with E-state index in [0.717, 1.165) is 51.4 Å². The molecular formula is C25H31IN8. The molecule has 34 heavy (non-hydrogen) atoms. The molecule has 0 unspecified atom stereocenters. The maximum atomic E-state index is 4.63. The number of rotatable bonds is 6. The van der Waals surface area contributed by atoms with E-state index in [1.54, 1.807) is 7.05 Å². The Morgan fingerprint density at radius 2 is 1.50 bits per heavy atom. The molecule has 0 aliphatic rings.